The summed E-state index contributed by atoms with van der Waals surface area (Å²) in [4.78, 5) is 21.1. The van der Waals surface area contributed by atoms with Gasteiger partial charge in [0.15, 0.2) is 5.82 Å². The Kier molecular flexibility index (Phi) is 4.83. The zero-order chi connectivity index (χ0) is 18.8. The summed E-state index contributed by atoms with van der Waals surface area (Å²) in [5, 5.41) is 15.3. The van der Waals surface area contributed by atoms with Crippen LogP contribution in [0.15, 0.2) is 18.7 Å². The molecule has 1 aliphatic rings. The van der Waals surface area contributed by atoms with E-state index in [0.717, 1.165) is 24.4 Å². The summed E-state index contributed by atoms with van der Waals surface area (Å²) in [6.07, 6.45) is 9.25. The number of aromatic nitrogens is 7. The summed E-state index contributed by atoms with van der Waals surface area (Å²) in [5.41, 5.74) is 1.23. The first-order valence-electron chi connectivity index (χ1n) is 9.50. The SMILES string of the molecule is CC(C)c1cc(C(=O)NCc2nncn2C2CCCCC2)nc2ncnn12. The van der Waals surface area contributed by atoms with Crippen LogP contribution in [-0.4, -0.2) is 40.3 Å². The lowest BCUT2D eigenvalue weighted by Gasteiger charge is -2.24. The third kappa shape index (κ3) is 3.54. The van der Waals surface area contributed by atoms with Gasteiger partial charge in [0.2, 0.25) is 0 Å². The summed E-state index contributed by atoms with van der Waals surface area (Å²) in [7, 11) is 0. The van der Waals surface area contributed by atoms with Crippen molar-refractivity contribution in [1.82, 2.24) is 39.7 Å². The van der Waals surface area contributed by atoms with Crippen LogP contribution < -0.4 is 5.32 Å². The van der Waals surface area contributed by atoms with E-state index in [1.165, 1.54) is 25.6 Å². The molecule has 0 saturated heterocycles. The van der Waals surface area contributed by atoms with Crippen molar-refractivity contribution in [2.75, 3.05) is 0 Å². The quantitative estimate of drug-likeness (QED) is 0.741. The molecule has 1 amide bonds. The molecule has 3 aromatic heterocycles. The van der Waals surface area contributed by atoms with Gasteiger partial charge in [0.05, 0.1) is 12.2 Å². The van der Waals surface area contributed by atoms with Crippen LogP contribution in [-0.2, 0) is 6.54 Å². The van der Waals surface area contributed by atoms with Crippen LogP contribution >= 0.6 is 0 Å². The zero-order valence-corrected chi connectivity index (χ0v) is 15.7. The van der Waals surface area contributed by atoms with Crippen molar-refractivity contribution < 1.29 is 4.79 Å². The van der Waals surface area contributed by atoms with Crippen LogP contribution in [0.2, 0.25) is 0 Å². The van der Waals surface area contributed by atoms with E-state index < -0.39 is 0 Å². The number of carbonyl (C=O) groups excluding carboxylic acids is 1. The Morgan fingerprint density at radius 1 is 1.30 bits per heavy atom. The second-order valence-corrected chi connectivity index (χ2v) is 7.32. The summed E-state index contributed by atoms with van der Waals surface area (Å²) >= 11 is 0. The van der Waals surface area contributed by atoms with Crippen molar-refractivity contribution in [2.45, 2.75) is 64.5 Å². The van der Waals surface area contributed by atoms with Gasteiger partial charge in [-0.2, -0.15) is 10.1 Å². The van der Waals surface area contributed by atoms with E-state index >= 15 is 0 Å². The first-order chi connectivity index (χ1) is 13.1. The monoisotopic (exact) mass is 368 g/mol. The highest BCUT2D eigenvalue weighted by Crippen LogP contribution is 2.28. The van der Waals surface area contributed by atoms with Crippen molar-refractivity contribution in [1.29, 1.82) is 0 Å². The second-order valence-electron chi connectivity index (χ2n) is 7.32. The van der Waals surface area contributed by atoms with E-state index in [9.17, 15) is 4.79 Å². The second kappa shape index (κ2) is 7.42. The maximum atomic E-state index is 12.7. The minimum Gasteiger partial charge on any atom is -0.343 e. The van der Waals surface area contributed by atoms with E-state index in [1.54, 1.807) is 16.9 Å². The van der Waals surface area contributed by atoms with E-state index in [-0.39, 0.29) is 11.8 Å². The normalized spacial score (nSPS) is 15.5. The van der Waals surface area contributed by atoms with Gasteiger partial charge < -0.3 is 9.88 Å². The maximum absolute atomic E-state index is 12.7. The number of fused-ring (bicyclic) bond motifs is 1. The highest BCUT2D eigenvalue weighted by atomic mass is 16.1. The molecule has 1 saturated carbocycles. The summed E-state index contributed by atoms with van der Waals surface area (Å²) in [5.74, 6) is 1.15. The first kappa shape index (κ1) is 17.6. The molecule has 9 nitrogen and oxygen atoms in total. The van der Waals surface area contributed by atoms with Crippen LogP contribution in [0.5, 0.6) is 0 Å². The van der Waals surface area contributed by atoms with Crippen molar-refractivity contribution in [3.8, 4) is 0 Å². The zero-order valence-electron chi connectivity index (χ0n) is 15.7. The number of nitrogens with one attached hydrogen (secondary N) is 1. The van der Waals surface area contributed by atoms with Gasteiger partial charge in [0.1, 0.15) is 18.3 Å². The fourth-order valence-corrected chi connectivity index (χ4v) is 3.67. The molecule has 142 valence electrons. The molecule has 0 aromatic carbocycles. The maximum Gasteiger partial charge on any atom is 0.270 e. The van der Waals surface area contributed by atoms with Gasteiger partial charge in [-0.15, -0.1) is 10.2 Å². The molecule has 3 heterocycles. The topological polar surface area (TPSA) is 103 Å². The first-order valence-corrected chi connectivity index (χ1v) is 9.50. The molecule has 0 atom stereocenters. The molecule has 27 heavy (non-hydrogen) atoms. The highest BCUT2D eigenvalue weighted by molar-refractivity contribution is 5.92. The Bertz CT molecular complexity index is 938. The smallest absolute Gasteiger partial charge is 0.270 e. The van der Waals surface area contributed by atoms with Gasteiger partial charge in [-0.25, -0.2) is 9.50 Å². The summed E-state index contributed by atoms with van der Waals surface area (Å²) < 4.78 is 3.77. The van der Waals surface area contributed by atoms with Gasteiger partial charge in [0.25, 0.3) is 11.7 Å². The molecule has 0 bridgehead atoms. The number of nitrogens with zero attached hydrogens (tertiary/aromatic N) is 7. The predicted molar refractivity (Wildman–Crippen MR) is 98.2 cm³/mol. The van der Waals surface area contributed by atoms with Crippen molar-refractivity contribution in [3.63, 3.8) is 0 Å². The Morgan fingerprint density at radius 2 is 2.11 bits per heavy atom. The molecular weight excluding hydrogens is 344 g/mol. The lowest BCUT2D eigenvalue weighted by atomic mass is 9.95. The van der Waals surface area contributed by atoms with Crippen molar-refractivity contribution in [3.05, 3.63) is 35.9 Å². The molecule has 3 aromatic rings. The molecule has 0 spiro atoms. The Hall–Kier alpha value is -2.84. The Morgan fingerprint density at radius 3 is 2.89 bits per heavy atom. The summed E-state index contributed by atoms with van der Waals surface area (Å²) in [6, 6.07) is 2.20. The Balaban J connectivity index is 1.50. The minimum absolute atomic E-state index is 0.193. The highest BCUT2D eigenvalue weighted by Gasteiger charge is 2.20. The number of hydrogen-bond acceptors (Lipinski definition) is 6. The largest absolute Gasteiger partial charge is 0.343 e. The lowest BCUT2D eigenvalue weighted by molar-refractivity contribution is 0.0944. The van der Waals surface area contributed by atoms with E-state index in [2.05, 4.69) is 35.1 Å². The average molecular weight is 368 g/mol. The van der Waals surface area contributed by atoms with Crippen molar-refractivity contribution in [2.24, 2.45) is 0 Å². The molecule has 0 radical (unpaired) electrons. The third-order valence-corrected chi connectivity index (χ3v) is 5.13. The fraction of sp³-hybridized carbons (Fsp3) is 0.556. The van der Waals surface area contributed by atoms with Crippen molar-refractivity contribution >= 4 is 11.7 Å². The standard InChI is InChI=1S/C18H24N8O/c1-12(2)15-8-14(23-18-20-10-22-26(15)18)17(27)19-9-16-24-21-11-25(16)13-6-4-3-5-7-13/h8,10-13H,3-7,9H2,1-2H3,(H,19,27). The molecule has 1 N–H and O–H groups in total. The molecule has 1 fully saturated rings. The fourth-order valence-electron chi connectivity index (χ4n) is 3.67. The van der Waals surface area contributed by atoms with Crippen LogP contribution in [0.3, 0.4) is 0 Å². The molecule has 1 aliphatic carbocycles. The van der Waals surface area contributed by atoms with Gasteiger partial charge in [0, 0.05) is 6.04 Å². The molecule has 0 unspecified atom stereocenters. The number of amides is 1. The number of rotatable bonds is 5. The minimum atomic E-state index is -0.249. The van der Waals surface area contributed by atoms with Crippen LogP contribution in [0.25, 0.3) is 5.78 Å². The van der Waals surface area contributed by atoms with Crippen LogP contribution in [0.1, 0.15) is 79.9 Å². The molecule has 0 aliphatic heterocycles. The molecular formula is C18H24N8O. The van der Waals surface area contributed by atoms with E-state index in [4.69, 9.17) is 0 Å². The molecule has 9 heteroatoms. The predicted octanol–water partition coefficient (Wildman–Crippen LogP) is 2.27. The van der Waals surface area contributed by atoms with Crippen LogP contribution in [0.4, 0.5) is 0 Å². The van der Waals surface area contributed by atoms with Gasteiger partial charge in [-0.3, -0.25) is 4.79 Å². The number of carbonyl (C=O) groups is 1. The van der Waals surface area contributed by atoms with E-state index in [1.807, 2.05) is 13.8 Å². The van der Waals surface area contributed by atoms with Gasteiger partial charge in [-0.1, -0.05) is 33.1 Å². The molecule has 4 rings (SSSR count). The van der Waals surface area contributed by atoms with Gasteiger partial charge in [-0.05, 0) is 24.8 Å². The van der Waals surface area contributed by atoms with Crippen LogP contribution in [0, 0.1) is 0 Å². The van der Waals surface area contributed by atoms with Gasteiger partial charge >= 0.3 is 0 Å². The lowest BCUT2D eigenvalue weighted by Crippen LogP contribution is -2.27. The number of hydrogen-bond donors (Lipinski definition) is 1. The third-order valence-electron chi connectivity index (χ3n) is 5.13. The average Bonchev–Trinajstić information content (AvgIpc) is 3.34. The van der Waals surface area contributed by atoms with E-state index in [0.29, 0.717) is 24.1 Å². The Labute approximate surface area is 157 Å². The summed E-state index contributed by atoms with van der Waals surface area (Å²) in [6.45, 7) is 4.42.